The van der Waals surface area contributed by atoms with Crippen LogP contribution in [-0.2, 0) is 63.7 Å². The van der Waals surface area contributed by atoms with Crippen LogP contribution in [0.1, 0.15) is 99.9 Å². The van der Waals surface area contributed by atoms with Crippen molar-refractivity contribution in [3.8, 4) is 0 Å². The number of aromatic nitrogens is 2. The smallest absolute Gasteiger partial charge is 0.287 e. The average molecular weight is 1310 g/mol. The van der Waals surface area contributed by atoms with Crippen molar-refractivity contribution in [1.82, 2.24) is 68.4 Å². The van der Waals surface area contributed by atoms with E-state index >= 15 is 0 Å². The molecule has 0 saturated heterocycles. The predicted octanol–water partition coefficient (Wildman–Crippen LogP) is 0.138. The fourth-order valence-corrected chi connectivity index (χ4v) is 10.9. The highest BCUT2D eigenvalue weighted by Crippen LogP contribution is 2.20. The quantitative estimate of drug-likeness (QED) is 0.0400. The fraction of sp³-hybridized carbons (Fsp3) is 0.571. The first-order chi connectivity index (χ1) is 40.3. The maximum atomic E-state index is 14.4. The van der Waals surface area contributed by atoms with Crippen LogP contribution in [0.25, 0.3) is 0 Å². The van der Waals surface area contributed by atoms with Crippen molar-refractivity contribution in [2.45, 2.75) is 167 Å². The van der Waals surface area contributed by atoms with E-state index in [1.165, 1.54) is 32.4 Å². The lowest BCUT2D eigenvalue weighted by atomic mass is 10.0. The molecule has 474 valence electrons. The highest BCUT2D eigenvalue weighted by atomic mass is 32.2. The second-order valence-electron chi connectivity index (χ2n) is 21.7. The third kappa shape index (κ3) is 23.2. The highest BCUT2D eigenvalue weighted by Gasteiger charge is 2.38. The number of ketones is 1. The van der Waals surface area contributed by atoms with Crippen LogP contribution in [0.15, 0.2) is 54.5 Å². The number of nitrogens with one attached hydrogen (secondary N) is 12. The van der Waals surface area contributed by atoms with Crippen LogP contribution in [0.4, 0.5) is 0 Å². The first-order valence-electron chi connectivity index (χ1n) is 28.0. The van der Waals surface area contributed by atoms with Crippen LogP contribution < -0.4 is 68.4 Å². The van der Waals surface area contributed by atoms with E-state index in [1.54, 1.807) is 119 Å². The van der Waals surface area contributed by atoms with E-state index in [-0.39, 0.29) is 33.0 Å². The van der Waals surface area contributed by atoms with Crippen LogP contribution in [0.5, 0.6) is 0 Å². The summed E-state index contributed by atoms with van der Waals surface area (Å²) in [5, 5.41) is 46.4. The molecule has 0 saturated carbocycles. The first kappa shape index (κ1) is 74.1. The predicted molar refractivity (Wildman–Crippen MR) is 349 cm³/mol. The van der Waals surface area contributed by atoms with Gasteiger partial charge < -0.3 is 68.9 Å². The molecule has 1 aromatic heterocycles. The van der Waals surface area contributed by atoms with Crippen LogP contribution in [-0.4, -0.2) is 166 Å². The van der Waals surface area contributed by atoms with Gasteiger partial charge in [-0.3, -0.25) is 43.2 Å². The molecule has 30 heteroatoms. The molecule has 1 aliphatic heterocycles. The van der Waals surface area contributed by atoms with E-state index in [0.717, 1.165) is 11.8 Å². The summed E-state index contributed by atoms with van der Waals surface area (Å²) < 4.78 is 3.24. The van der Waals surface area contributed by atoms with E-state index in [4.69, 9.17) is 48.9 Å². The molecule has 2 aromatic rings. The molecule has 13 atom stereocenters. The summed E-state index contributed by atoms with van der Waals surface area (Å²) in [5.41, 5.74) is 0.944. The number of aliphatic hydroxyl groups is 1. The number of aryl methyl sites for hydroxylation is 2. The van der Waals surface area contributed by atoms with Crippen molar-refractivity contribution in [3.63, 3.8) is 0 Å². The van der Waals surface area contributed by atoms with E-state index in [2.05, 4.69) is 63.8 Å². The summed E-state index contributed by atoms with van der Waals surface area (Å²) in [5.74, 6) is -6.36. The normalized spacial score (nSPS) is 21.4. The molecule has 13 N–H and O–H groups in total. The standard InChI is InChI=1S/C56H84N14O10S6/c1-27(2)40-51(79)58-29(5)46(74)63-38(24-36-18-16-15-17-19-36)49(77)68-43(44(72)39-25-69(12)26-70(39)13)50(78)57-21-23-86-35(11)42(52(80)65-40)67-47(75)31(7)60-54(82)33(9)62-53(81)32(8)59-45(73)30(6)61-55(83)37(20-22-85-14)64-56(84)41(28(3)4)66-48(76)34(10)71/h15-19,21,23,25-33,35,37-38,40-44,72H,20,22,24H2,1-14H3,(H11-,57,58,59,60,61,62,63,64,65,66,67,68,73,74,75,76,77,78,79,80,81,82,83,84)/p+1. The van der Waals surface area contributed by atoms with Crippen LogP contribution >= 0.6 is 72.4 Å². The van der Waals surface area contributed by atoms with Gasteiger partial charge in [-0.25, -0.2) is 9.13 Å². The second kappa shape index (κ2) is 35.6. The van der Waals surface area contributed by atoms with E-state index in [9.17, 15) is 48.3 Å². The Labute approximate surface area is 533 Å². The van der Waals surface area contributed by atoms with E-state index in [0.29, 0.717) is 22.7 Å². The molecule has 3 rings (SSSR count). The number of amides is 8. The van der Waals surface area contributed by atoms with Gasteiger partial charge in [0.25, 0.3) is 5.91 Å². The number of carbonyl (C=O) groups is 9. The number of hydrogen-bond donors (Lipinski definition) is 13. The monoisotopic (exact) mass is 1310 g/mol. The largest absolute Gasteiger partial charge is 0.382 e. The molecule has 0 fully saturated rings. The first-order valence-corrected chi connectivity index (χ1v) is 31.9. The number of benzene rings is 1. The van der Waals surface area contributed by atoms with Gasteiger partial charge in [0.15, 0.2) is 5.69 Å². The van der Waals surface area contributed by atoms with Gasteiger partial charge in [0, 0.05) is 24.8 Å². The van der Waals surface area contributed by atoms with Crippen molar-refractivity contribution >= 4 is 145 Å². The third-order valence-corrected chi connectivity index (χ3v) is 17.0. The maximum absolute atomic E-state index is 14.4. The number of Topliss-reactive ketones (excluding diaryl/α,β-unsaturated/α-hetero) is 1. The van der Waals surface area contributed by atoms with Crippen LogP contribution in [0.2, 0.25) is 0 Å². The minimum absolute atomic E-state index is 0.0247. The SMILES string of the molecule is CSCCC(NC(=S)C(NC(=O)C(C)=O)C(C)C)C(=S)NC(C)C(=O)NC(C)C(=S)NC(C)C(=S)NC(C)C(=O)NC1C(=O)NC(C(C)C)C(=O)NC(C)C(=O)NC(Cc2ccccc2)C(=O)NC(C(O)c2c[n+](C)cn2C)C(=O)NC=CSC1C. The highest BCUT2D eigenvalue weighted by molar-refractivity contribution is 8.02. The summed E-state index contributed by atoms with van der Waals surface area (Å²) in [6.07, 6.45) is 5.36. The van der Waals surface area contributed by atoms with Gasteiger partial charge in [-0.15, -0.1) is 11.8 Å². The molecule has 0 bridgehead atoms. The molecule has 1 aliphatic rings. The Morgan fingerprint density at radius 3 is 1.86 bits per heavy atom. The lowest BCUT2D eigenvalue weighted by molar-refractivity contribution is -0.671. The Kier molecular flexibility index (Phi) is 30.6. The number of thioether (sulfide) groups is 2. The van der Waals surface area contributed by atoms with E-state index < -0.39 is 137 Å². The Balaban J connectivity index is 1.79. The fourth-order valence-electron chi connectivity index (χ4n) is 8.43. The van der Waals surface area contributed by atoms with Crippen LogP contribution in [0.3, 0.4) is 0 Å². The number of aliphatic hydroxyl groups excluding tert-OH is 1. The molecule has 13 unspecified atom stereocenters. The summed E-state index contributed by atoms with van der Waals surface area (Å²) in [7, 11) is 3.38. The molecule has 24 nitrogen and oxygen atoms in total. The van der Waals surface area contributed by atoms with Gasteiger partial charge in [0.1, 0.15) is 54.6 Å². The summed E-state index contributed by atoms with van der Waals surface area (Å²) >= 11 is 25.4. The molecule has 8 amide bonds. The third-order valence-electron chi connectivity index (χ3n) is 13.7. The second-order valence-corrected chi connectivity index (χ2v) is 25.8. The van der Waals surface area contributed by atoms with Crippen molar-refractivity contribution in [2.24, 2.45) is 25.9 Å². The van der Waals surface area contributed by atoms with Crippen molar-refractivity contribution in [1.29, 1.82) is 0 Å². The topological polar surface area (TPSA) is 327 Å². The Hall–Kier alpha value is -6.18. The number of rotatable bonds is 23. The molecule has 0 spiro atoms. The van der Waals surface area contributed by atoms with Gasteiger partial charge in [-0.05, 0) is 75.9 Å². The maximum Gasteiger partial charge on any atom is 0.287 e. The molecule has 0 aliphatic carbocycles. The van der Waals surface area contributed by atoms with Gasteiger partial charge in [-0.1, -0.05) is 114 Å². The lowest BCUT2D eigenvalue weighted by Crippen LogP contribution is -2.61. The lowest BCUT2D eigenvalue weighted by Gasteiger charge is -2.30. The molecule has 2 heterocycles. The minimum Gasteiger partial charge on any atom is -0.382 e. The molecular formula is C56H85N14O10S6+. The van der Waals surface area contributed by atoms with Crippen molar-refractivity contribution in [2.75, 3.05) is 12.0 Å². The number of thiocarbonyl (C=S) groups is 4. The number of nitrogens with zero attached hydrogens (tertiary/aromatic N) is 2. The van der Waals surface area contributed by atoms with Crippen LogP contribution in [0, 0.1) is 11.8 Å². The van der Waals surface area contributed by atoms with E-state index in [1.807, 2.05) is 20.1 Å². The van der Waals surface area contributed by atoms with Gasteiger partial charge in [0.2, 0.25) is 53.5 Å². The summed E-state index contributed by atoms with van der Waals surface area (Å²) in [6.45, 7) is 17.8. The van der Waals surface area contributed by atoms with Crippen molar-refractivity contribution < 1.29 is 52.8 Å². The minimum atomic E-state index is -1.60. The number of imidazole rings is 1. The molecule has 86 heavy (non-hydrogen) atoms. The zero-order valence-electron chi connectivity index (χ0n) is 50.9. The Bertz CT molecular complexity index is 2820. The number of carbonyl (C=O) groups excluding carboxylic acids is 9. The Morgan fingerprint density at radius 2 is 1.29 bits per heavy atom. The zero-order chi connectivity index (χ0) is 64.9. The van der Waals surface area contributed by atoms with Gasteiger partial charge in [-0.2, -0.15) is 11.8 Å². The van der Waals surface area contributed by atoms with Gasteiger partial charge >= 0.3 is 0 Å². The van der Waals surface area contributed by atoms with Gasteiger partial charge in [0.05, 0.1) is 58.2 Å². The van der Waals surface area contributed by atoms with Crippen molar-refractivity contribution in [3.05, 3.63) is 65.7 Å². The Morgan fingerprint density at radius 1 is 0.709 bits per heavy atom. The summed E-state index contributed by atoms with van der Waals surface area (Å²) in [4.78, 5) is 123. The molecule has 1 aromatic carbocycles. The molecule has 0 radical (unpaired) electrons. The molecular weight excluding hydrogens is 1220 g/mol. The summed E-state index contributed by atoms with van der Waals surface area (Å²) in [6, 6.07) is -2.30. The number of hydrogen-bond acceptors (Lipinski definition) is 16. The average Bonchev–Trinajstić information content (AvgIpc) is 3.37. The zero-order valence-corrected chi connectivity index (χ0v) is 55.8.